The Kier molecular flexibility index (Phi) is 6.91. The van der Waals surface area contributed by atoms with E-state index in [2.05, 4.69) is 15.9 Å². The largest absolute Gasteiger partial charge is 0.481 e. The number of amides is 1. The maximum Gasteiger partial charge on any atom is 0.410 e. The molecule has 7 heteroatoms. The summed E-state index contributed by atoms with van der Waals surface area (Å²) in [4.78, 5) is 39.4. The van der Waals surface area contributed by atoms with E-state index >= 15 is 0 Å². The second kappa shape index (κ2) is 8.64. The van der Waals surface area contributed by atoms with Gasteiger partial charge in [-0.3, -0.25) is 9.59 Å². The van der Waals surface area contributed by atoms with E-state index in [0.717, 1.165) is 4.47 Å². The topological polar surface area (TPSA) is 83.9 Å². The first kappa shape index (κ1) is 22.4. The molecule has 1 saturated carbocycles. The van der Waals surface area contributed by atoms with Crippen LogP contribution in [0.4, 0.5) is 4.79 Å². The zero-order valence-corrected chi connectivity index (χ0v) is 18.4. The predicted octanol–water partition coefficient (Wildman–Crippen LogP) is 4.90. The number of halogens is 1. The molecule has 6 nitrogen and oxygen atoms in total. The van der Waals surface area contributed by atoms with Crippen molar-refractivity contribution in [1.29, 1.82) is 0 Å². The minimum Gasteiger partial charge on any atom is -0.481 e. The number of ketones is 1. The normalized spacial score (nSPS) is 22.0. The number of Topliss-reactive ketones (excluding diaryl/α,β-unsaturated/α-hetero) is 1. The number of rotatable bonds is 6. The van der Waals surface area contributed by atoms with Crippen molar-refractivity contribution in [3.63, 3.8) is 0 Å². The van der Waals surface area contributed by atoms with Crippen molar-refractivity contribution >= 4 is 33.8 Å². The van der Waals surface area contributed by atoms with Gasteiger partial charge in [0, 0.05) is 23.0 Å². The summed E-state index contributed by atoms with van der Waals surface area (Å²) in [5, 5.41) is 10.1. The number of carboxylic acid groups (broad SMARTS) is 1. The standard InChI is InChI=1S/C21H28BrNO5/c1-5-23(19(27)28-20(2,3)4)17-7-6-12-21(17,18(25)26)13-16(24)14-8-10-15(22)11-9-14/h8-11,17H,5-7,12-13H2,1-4H3,(H,25,26)/t17-,21-/m0/s1. The Morgan fingerprint density at radius 2 is 1.86 bits per heavy atom. The molecule has 0 heterocycles. The Morgan fingerprint density at radius 1 is 1.25 bits per heavy atom. The Labute approximate surface area is 174 Å². The summed E-state index contributed by atoms with van der Waals surface area (Å²) in [6.07, 6.45) is 0.850. The number of benzene rings is 1. The Bertz CT molecular complexity index is 740. The summed E-state index contributed by atoms with van der Waals surface area (Å²) in [7, 11) is 0. The molecule has 0 aromatic heterocycles. The fourth-order valence-corrected chi connectivity index (χ4v) is 4.13. The molecule has 0 saturated heterocycles. The molecule has 1 aliphatic carbocycles. The van der Waals surface area contributed by atoms with E-state index in [4.69, 9.17) is 4.74 Å². The molecule has 1 fully saturated rings. The number of carbonyl (C=O) groups excluding carboxylic acids is 2. The lowest BCUT2D eigenvalue weighted by atomic mass is 9.76. The number of nitrogens with zero attached hydrogens (tertiary/aromatic N) is 1. The highest BCUT2D eigenvalue weighted by molar-refractivity contribution is 9.10. The predicted molar refractivity (Wildman–Crippen MR) is 109 cm³/mol. The van der Waals surface area contributed by atoms with Gasteiger partial charge in [0.15, 0.2) is 5.78 Å². The molecule has 1 aliphatic rings. The average molecular weight is 454 g/mol. The minimum absolute atomic E-state index is 0.145. The van der Waals surface area contributed by atoms with Crippen LogP contribution in [0.2, 0.25) is 0 Å². The van der Waals surface area contributed by atoms with Crippen molar-refractivity contribution in [2.75, 3.05) is 6.54 Å². The second-order valence-corrected chi connectivity index (χ2v) is 9.16. The minimum atomic E-state index is -1.31. The lowest BCUT2D eigenvalue weighted by Gasteiger charge is -2.39. The van der Waals surface area contributed by atoms with Crippen LogP contribution >= 0.6 is 15.9 Å². The van der Waals surface area contributed by atoms with Crippen LogP contribution < -0.4 is 0 Å². The van der Waals surface area contributed by atoms with Crippen molar-refractivity contribution in [3.8, 4) is 0 Å². The van der Waals surface area contributed by atoms with Gasteiger partial charge in [0.1, 0.15) is 5.60 Å². The van der Waals surface area contributed by atoms with E-state index in [1.54, 1.807) is 52.0 Å². The van der Waals surface area contributed by atoms with E-state index in [1.165, 1.54) is 4.90 Å². The molecule has 2 rings (SSSR count). The zero-order chi connectivity index (χ0) is 21.1. The number of aliphatic carboxylic acids is 1. The number of hydrogen-bond acceptors (Lipinski definition) is 4. The van der Waals surface area contributed by atoms with Gasteiger partial charge in [-0.05, 0) is 52.7 Å². The maximum absolute atomic E-state index is 12.9. The molecule has 1 N–H and O–H groups in total. The fourth-order valence-electron chi connectivity index (χ4n) is 3.86. The number of carboxylic acids is 1. The van der Waals surface area contributed by atoms with E-state index in [0.29, 0.717) is 31.4 Å². The van der Waals surface area contributed by atoms with Gasteiger partial charge < -0.3 is 14.7 Å². The third-order valence-corrected chi connectivity index (χ3v) is 5.68. The van der Waals surface area contributed by atoms with Crippen LogP contribution in [0.5, 0.6) is 0 Å². The molecule has 0 spiro atoms. The molecule has 2 atom stereocenters. The molecule has 1 aromatic rings. The lowest BCUT2D eigenvalue weighted by molar-refractivity contribution is -0.151. The van der Waals surface area contributed by atoms with E-state index < -0.39 is 29.1 Å². The molecule has 1 amide bonds. The number of ether oxygens (including phenoxy) is 1. The third-order valence-electron chi connectivity index (χ3n) is 5.15. The van der Waals surface area contributed by atoms with Crippen molar-refractivity contribution in [3.05, 3.63) is 34.3 Å². The van der Waals surface area contributed by atoms with Gasteiger partial charge in [-0.2, -0.15) is 0 Å². The van der Waals surface area contributed by atoms with Crippen LogP contribution in [0.1, 0.15) is 63.7 Å². The molecule has 0 aliphatic heterocycles. The lowest BCUT2D eigenvalue weighted by Crippen LogP contribution is -2.53. The second-order valence-electron chi connectivity index (χ2n) is 8.24. The summed E-state index contributed by atoms with van der Waals surface area (Å²) in [5.74, 6) is -1.27. The molecule has 154 valence electrons. The third kappa shape index (κ3) is 4.93. The van der Waals surface area contributed by atoms with Gasteiger partial charge in [-0.15, -0.1) is 0 Å². The van der Waals surface area contributed by atoms with Gasteiger partial charge in [-0.25, -0.2) is 4.79 Å². The highest BCUT2D eigenvalue weighted by atomic mass is 79.9. The smallest absolute Gasteiger partial charge is 0.410 e. The SMILES string of the molecule is CCN(C(=O)OC(C)(C)C)[C@H]1CCC[C@@]1(CC(=O)c1ccc(Br)cc1)C(=O)O. The Hall–Kier alpha value is -1.89. The summed E-state index contributed by atoms with van der Waals surface area (Å²) in [6, 6.07) is 6.29. The van der Waals surface area contributed by atoms with Crippen LogP contribution in [-0.2, 0) is 9.53 Å². The summed E-state index contributed by atoms with van der Waals surface area (Å²) >= 11 is 3.33. The first-order valence-corrected chi connectivity index (χ1v) is 10.3. The number of hydrogen-bond donors (Lipinski definition) is 1. The highest BCUT2D eigenvalue weighted by Crippen LogP contribution is 2.45. The van der Waals surface area contributed by atoms with Gasteiger partial charge in [-0.1, -0.05) is 34.5 Å². The van der Waals surface area contributed by atoms with Gasteiger partial charge in [0.05, 0.1) is 11.5 Å². The summed E-state index contributed by atoms with van der Waals surface area (Å²) < 4.78 is 6.33. The monoisotopic (exact) mass is 453 g/mol. The zero-order valence-electron chi connectivity index (χ0n) is 16.8. The van der Waals surface area contributed by atoms with Crippen LogP contribution in [0.3, 0.4) is 0 Å². The van der Waals surface area contributed by atoms with Crippen LogP contribution in [0.15, 0.2) is 28.7 Å². The maximum atomic E-state index is 12.9. The molecule has 0 bridgehead atoms. The molecular weight excluding hydrogens is 426 g/mol. The first-order chi connectivity index (χ1) is 13.0. The molecule has 0 unspecified atom stereocenters. The summed E-state index contributed by atoms with van der Waals surface area (Å²) in [6.45, 7) is 7.44. The van der Waals surface area contributed by atoms with Crippen LogP contribution in [0.25, 0.3) is 0 Å². The molecule has 28 heavy (non-hydrogen) atoms. The Morgan fingerprint density at radius 3 is 2.36 bits per heavy atom. The summed E-state index contributed by atoms with van der Waals surface area (Å²) in [5.41, 5.74) is -1.52. The van der Waals surface area contributed by atoms with Gasteiger partial charge in [0.25, 0.3) is 0 Å². The van der Waals surface area contributed by atoms with E-state index in [-0.39, 0.29) is 12.2 Å². The fraction of sp³-hybridized carbons (Fsp3) is 0.571. The highest BCUT2D eigenvalue weighted by Gasteiger charge is 2.54. The average Bonchev–Trinajstić information content (AvgIpc) is 2.99. The van der Waals surface area contributed by atoms with Crippen molar-refractivity contribution in [2.45, 2.75) is 65.0 Å². The molecule has 0 radical (unpaired) electrons. The molecule has 1 aromatic carbocycles. The number of carbonyl (C=O) groups is 3. The van der Waals surface area contributed by atoms with Crippen LogP contribution in [-0.4, -0.2) is 46.0 Å². The Balaban J connectivity index is 2.32. The first-order valence-electron chi connectivity index (χ1n) is 9.52. The quantitative estimate of drug-likeness (QED) is 0.618. The van der Waals surface area contributed by atoms with Crippen molar-refractivity contribution in [2.24, 2.45) is 5.41 Å². The van der Waals surface area contributed by atoms with Crippen molar-refractivity contribution in [1.82, 2.24) is 4.90 Å². The van der Waals surface area contributed by atoms with Gasteiger partial charge in [0.2, 0.25) is 0 Å². The van der Waals surface area contributed by atoms with E-state index in [9.17, 15) is 19.5 Å². The molecular formula is C21H28BrNO5. The van der Waals surface area contributed by atoms with E-state index in [1.807, 2.05) is 0 Å². The van der Waals surface area contributed by atoms with Gasteiger partial charge >= 0.3 is 12.1 Å². The van der Waals surface area contributed by atoms with Crippen molar-refractivity contribution < 1.29 is 24.2 Å². The van der Waals surface area contributed by atoms with Crippen LogP contribution in [0, 0.1) is 5.41 Å².